The van der Waals surface area contributed by atoms with E-state index in [1.807, 2.05) is 13.8 Å². The summed E-state index contributed by atoms with van der Waals surface area (Å²) in [5.74, 6) is -0.644. The van der Waals surface area contributed by atoms with E-state index >= 15 is 0 Å². The lowest BCUT2D eigenvalue weighted by molar-refractivity contribution is -0.133. The first-order valence-electron chi connectivity index (χ1n) is 17.4. The minimum Gasteiger partial charge on any atom is -0.344 e. The minimum absolute atomic E-state index is 0.204. The molecule has 7 heteroatoms. The number of aryl methyl sites for hydroxylation is 4. The van der Waals surface area contributed by atoms with Gasteiger partial charge in [-0.2, -0.15) is 0 Å². The number of amides is 2. The quantitative estimate of drug-likeness (QED) is 0.113. The molecule has 2 aromatic heterocycles. The molecule has 1 saturated carbocycles. The smallest absolute Gasteiger partial charge is 0.266 e. The van der Waals surface area contributed by atoms with Crippen LogP contribution < -0.4 is 10.7 Å². The molecule has 1 saturated heterocycles. The highest BCUT2D eigenvalue weighted by atomic mass is 32.1. The molecule has 4 aromatic carbocycles. The molecule has 0 unspecified atom stereocenters. The fraction of sp³-hybridized carbons (Fsp3) is 0.233. The predicted molar refractivity (Wildman–Crippen MR) is 209 cm³/mol. The zero-order chi connectivity index (χ0) is 35.0. The van der Waals surface area contributed by atoms with E-state index in [9.17, 15) is 9.59 Å². The van der Waals surface area contributed by atoms with Crippen LogP contribution in [0.15, 0.2) is 95.1 Å². The Morgan fingerprint density at radius 1 is 0.600 bits per heavy atom. The van der Waals surface area contributed by atoms with Gasteiger partial charge in [0.25, 0.3) is 11.8 Å². The summed E-state index contributed by atoms with van der Waals surface area (Å²) in [6, 6.07) is 21.7. The Bertz CT molecular complexity index is 2500. The maximum Gasteiger partial charge on any atom is 0.266 e. The summed E-state index contributed by atoms with van der Waals surface area (Å²) in [5, 5.41) is 9.85. The second kappa shape index (κ2) is 12.0. The Balaban J connectivity index is 1.37. The Morgan fingerprint density at radius 3 is 1.44 bits per heavy atom. The van der Waals surface area contributed by atoms with Crippen LogP contribution >= 0.6 is 12.2 Å². The fourth-order valence-electron chi connectivity index (χ4n) is 8.27. The first-order valence-corrected chi connectivity index (χ1v) is 17.8. The first kappa shape index (κ1) is 32.0. The van der Waals surface area contributed by atoms with Crippen LogP contribution in [0.1, 0.15) is 37.8 Å². The van der Waals surface area contributed by atoms with Crippen molar-refractivity contribution in [1.82, 2.24) is 18.9 Å². The lowest BCUT2D eigenvalue weighted by Crippen LogP contribution is -2.56. The van der Waals surface area contributed by atoms with Crippen molar-refractivity contribution in [2.45, 2.75) is 40.5 Å². The highest BCUT2D eigenvalue weighted by Gasteiger charge is 2.42. The van der Waals surface area contributed by atoms with Crippen LogP contribution in [-0.4, -0.2) is 49.0 Å². The van der Waals surface area contributed by atoms with E-state index in [4.69, 9.17) is 12.2 Å². The molecule has 250 valence electrons. The topological polar surface area (TPSA) is 50.5 Å². The van der Waals surface area contributed by atoms with Crippen molar-refractivity contribution in [3.8, 4) is 0 Å². The lowest BCUT2D eigenvalue weighted by Gasteiger charge is -2.36. The average Bonchev–Trinajstić information content (AvgIpc) is 3.72. The van der Waals surface area contributed by atoms with Crippen LogP contribution in [0.2, 0.25) is 0 Å². The highest BCUT2D eigenvalue weighted by molar-refractivity contribution is 7.80. The second-order valence-corrected chi connectivity index (χ2v) is 13.9. The summed E-state index contributed by atoms with van der Waals surface area (Å²) in [7, 11) is 4.21. The van der Waals surface area contributed by atoms with E-state index in [1.165, 1.54) is 54.5 Å². The molecule has 1 aliphatic carbocycles. The van der Waals surface area contributed by atoms with Crippen LogP contribution in [0.3, 0.4) is 0 Å². The highest BCUT2D eigenvalue weighted by Crippen LogP contribution is 2.40. The minimum atomic E-state index is -0.322. The van der Waals surface area contributed by atoms with Gasteiger partial charge in [-0.25, -0.2) is 0 Å². The number of rotatable bonds is 4. The van der Waals surface area contributed by atoms with Crippen molar-refractivity contribution in [2.24, 2.45) is 14.1 Å². The molecular formula is C43H40N4O2S. The van der Waals surface area contributed by atoms with Gasteiger partial charge in [-0.05, 0) is 116 Å². The summed E-state index contributed by atoms with van der Waals surface area (Å²) in [6.45, 7) is 8.89. The number of hydrogen-bond acceptors (Lipinski definition) is 3. The summed E-state index contributed by atoms with van der Waals surface area (Å²) in [5.41, 5.74) is 7.75. The number of thiocarbonyl (C=S) groups is 1. The zero-order valence-electron chi connectivity index (χ0n) is 29.4. The largest absolute Gasteiger partial charge is 0.344 e. The van der Waals surface area contributed by atoms with Gasteiger partial charge in [0, 0.05) is 70.5 Å². The van der Waals surface area contributed by atoms with E-state index in [-0.39, 0.29) is 22.5 Å². The van der Waals surface area contributed by atoms with Gasteiger partial charge >= 0.3 is 0 Å². The Kier molecular flexibility index (Phi) is 7.64. The summed E-state index contributed by atoms with van der Waals surface area (Å²) in [4.78, 5) is 31.5. The number of hydrogen-bond donors (Lipinski definition) is 0. The monoisotopic (exact) mass is 676 g/mol. The molecule has 0 atom stereocenters. The van der Waals surface area contributed by atoms with Gasteiger partial charge in [0.15, 0.2) is 5.11 Å². The molecule has 0 spiro atoms. The SMILES string of the molecule is CCN1C(=O)C(=C2/C(=C\C=c3/c4cccc5c(C)ccc(c54)n3C)CC/C2=C\C=c2/c3cccc4c(C)ccc(c43)n2C)C(=O)N(CC)C1=S. The number of allylic oxidation sites excluding steroid dienone is 5. The molecule has 0 N–H and O–H groups in total. The van der Waals surface area contributed by atoms with Gasteiger partial charge in [-0.1, -0.05) is 60.7 Å². The van der Waals surface area contributed by atoms with Crippen molar-refractivity contribution in [1.29, 1.82) is 0 Å². The molecule has 2 fully saturated rings. The van der Waals surface area contributed by atoms with Crippen LogP contribution in [0.5, 0.6) is 0 Å². The molecule has 8 rings (SSSR count). The molecule has 2 aliphatic rings. The van der Waals surface area contributed by atoms with Crippen molar-refractivity contribution in [3.63, 3.8) is 0 Å². The van der Waals surface area contributed by atoms with Crippen molar-refractivity contribution in [3.05, 3.63) is 117 Å². The van der Waals surface area contributed by atoms with Crippen molar-refractivity contribution in [2.75, 3.05) is 13.1 Å². The standard InChI is InChI=1S/C43H40N4O2S/c1-7-46-41(48)40(42(49)47(8-2)43(46)50)37-27(19-23-33-31-13-9-11-29-25(3)15-21-35(38(29)31)44(33)5)17-18-28(37)20-24-34-32-14-10-12-30-26(4)16-22-36(39(30)32)45(34)6/h9-16,19-24H,7-8,17-18H2,1-6H3/b27-19-,28-20+,33-23+,34-24+. The molecule has 50 heavy (non-hydrogen) atoms. The number of aromatic nitrogens is 2. The van der Waals surface area contributed by atoms with Crippen molar-refractivity contribution < 1.29 is 9.59 Å². The Hall–Kier alpha value is -5.27. The average molecular weight is 677 g/mol. The first-order chi connectivity index (χ1) is 24.2. The number of nitrogens with zero attached hydrogens (tertiary/aromatic N) is 4. The molecule has 3 heterocycles. The van der Waals surface area contributed by atoms with Gasteiger partial charge < -0.3 is 9.13 Å². The third kappa shape index (κ3) is 4.56. The van der Waals surface area contributed by atoms with E-state index in [1.54, 1.807) is 9.80 Å². The number of carbonyl (C=O) groups is 2. The van der Waals surface area contributed by atoms with E-state index in [0.717, 1.165) is 27.4 Å². The fourth-order valence-corrected chi connectivity index (χ4v) is 8.69. The lowest BCUT2D eigenvalue weighted by atomic mass is 9.95. The Labute approximate surface area is 296 Å². The third-order valence-corrected chi connectivity index (χ3v) is 11.4. The van der Waals surface area contributed by atoms with E-state index in [2.05, 4.69) is 122 Å². The maximum absolute atomic E-state index is 14.2. The van der Waals surface area contributed by atoms with E-state index < -0.39 is 0 Å². The molecule has 6 nitrogen and oxygen atoms in total. The third-order valence-electron chi connectivity index (χ3n) is 10.9. The molecular weight excluding hydrogens is 637 g/mol. The van der Waals surface area contributed by atoms with Crippen LogP contribution in [0.25, 0.3) is 55.5 Å². The van der Waals surface area contributed by atoms with Crippen LogP contribution in [0, 0.1) is 13.8 Å². The molecule has 6 aromatic rings. The van der Waals surface area contributed by atoms with Gasteiger partial charge in [0.2, 0.25) is 0 Å². The summed E-state index contributed by atoms with van der Waals surface area (Å²) < 4.78 is 4.47. The van der Waals surface area contributed by atoms with Crippen LogP contribution in [0.4, 0.5) is 0 Å². The van der Waals surface area contributed by atoms with Gasteiger partial charge in [-0.3, -0.25) is 19.4 Å². The Morgan fingerprint density at radius 2 is 1.02 bits per heavy atom. The number of benzene rings is 4. The van der Waals surface area contributed by atoms with Crippen molar-refractivity contribution >= 4 is 84.6 Å². The van der Waals surface area contributed by atoms with Gasteiger partial charge in [0.1, 0.15) is 5.57 Å². The molecule has 1 aliphatic heterocycles. The van der Waals surface area contributed by atoms with E-state index in [0.29, 0.717) is 25.9 Å². The predicted octanol–water partition coefficient (Wildman–Crippen LogP) is 7.23. The second-order valence-electron chi connectivity index (χ2n) is 13.5. The normalized spacial score (nSPS) is 18.5. The summed E-state index contributed by atoms with van der Waals surface area (Å²) >= 11 is 5.64. The molecule has 0 bridgehead atoms. The zero-order valence-corrected chi connectivity index (χ0v) is 30.2. The molecule has 0 radical (unpaired) electrons. The molecule has 2 amide bonds. The number of carbonyl (C=O) groups excluding carboxylic acids is 2. The van der Waals surface area contributed by atoms with Gasteiger partial charge in [-0.15, -0.1) is 0 Å². The number of likely N-dealkylation sites (N-methyl/N-ethyl adjacent to an activating group) is 2. The van der Waals surface area contributed by atoms with Gasteiger partial charge in [0.05, 0.1) is 0 Å². The van der Waals surface area contributed by atoms with Crippen LogP contribution in [-0.2, 0) is 23.7 Å². The summed E-state index contributed by atoms with van der Waals surface area (Å²) in [6.07, 6.45) is 9.99. The maximum atomic E-state index is 14.2.